The fourth-order valence-electron chi connectivity index (χ4n) is 2.51. The fourth-order valence-corrected chi connectivity index (χ4v) is 3.56. The number of anilines is 1. The number of benzene rings is 1. The lowest BCUT2D eigenvalue weighted by Gasteiger charge is -2.04. The highest BCUT2D eigenvalue weighted by Gasteiger charge is 2.13. The van der Waals surface area contributed by atoms with Crippen molar-refractivity contribution in [2.75, 3.05) is 5.73 Å². The van der Waals surface area contributed by atoms with E-state index in [1.807, 2.05) is 26.0 Å². The number of hydrazone groups is 1. The molecule has 0 aliphatic rings. The predicted octanol–water partition coefficient (Wildman–Crippen LogP) is 2.27. The largest absolute Gasteiger partial charge is 0.399 e. The van der Waals surface area contributed by atoms with Gasteiger partial charge in [-0.15, -0.1) is 11.3 Å². The number of nitrogens with zero attached hydrogens (tertiary/aromatic N) is 2. The SMILES string of the molecule is C/C(=N/NC(=O)Cc1nc2sc(C)c(C)c2c(=O)[nH]1)c1ccc(N)cc1. The number of fused-ring (bicyclic) bond motifs is 1. The molecule has 0 radical (unpaired) electrons. The van der Waals surface area contributed by atoms with E-state index >= 15 is 0 Å². The summed E-state index contributed by atoms with van der Waals surface area (Å²) >= 11 is 1.45. The van der Waals surface area contributed by atoms with Gasteiger partial charge in [0.1, 0.15) is 10.7 Å². The van der Waals surface area contributed by atoms with E-state index in [1.54, 1.807) is 19.1 Å². The van der Waals surface area contributed by atoms with Gasteiger partial charge in [-0.1, -0.05) is 12.1 Å². The number of amides is 1. The Balaban J connectivity index is 1.74. The average Bonchev–Trinajstić information content (AvgIpc) is 2.88. The molecule has 0 atom stereocenters. The van der Waals surface area contributed by atoms with Gasteiger partial charge in [0.15, 0.2) is 0 Å². The Morgan fingerprint density at radius 1 is 1.31 bits per heavy atom. The predicted molar refractivity (Wildman–Crippen MR) is 105 cm³/mol. The van der Waals surface area contributed by atoms with E-state index in [2.05, 4.69) is 20.5 Å². The van der Waals surface area contributed by atoms with Crippen LogP contribution in [0.25, 0.3) is 10.2 Å². The Morgan fingerprint density at radius 3 is 2.69 bits per heavy atom. The van der Waals surface area contributed by atoms with Crippen LogP contribution in [-0.4, -0.2) is 21.6 Å². The molecule has 3 rings (SSSR count). The van der Waals surface area contributed by atoms with Crippen LogP contribution < -0.4 is 16.7 Å². The molecule has 4 N–H and O–H groups in total. The molecule has 1 aromatic carbocycles. The number of hydrogen-bond acceptors (Lipinski definition) is 6. The molecule has 0 bridgehead atoms. The number of carbonyl (C=O) groups excluding carboxylic acids is 1. The maximum atomic E-state index is 12.2. The number of rotatable bonds is 4. The van der Waals surface area contributed by atoms with Crippen molar-refractivity contribution in [3.63, 3.8) is 0 Å². The zero-order chi connectivity index (χ0) is 18.8. The molecule has 2 heterocycles. The van der Waals surface area contributed by atoms with Crippen LogP contribution in [0.5, 0.6) is 0 Å². The third kappa shape index (κ3) is 3.65. The number of aryl methyl sites for hydroxylation is 2. The number of carbonyl (C=O) groups is 1. The van der Waals surface area contributed by atoms with Gasteiger partial charge in [-0.05, 0) is 44.0 Å². The van der Waals surface area contributed by atoms with Crippen molar-refractivity contribution in [3.05, 3.63) is 56.4 Å². The smallest absolute Gasteiger partial charge is 0.259 e. The van der Waals surface area contributed by atoms with Crippen molar-refractivity contribution in [1.82, 2.24) is 15.4 Å². The molecule has 8 heteroatoms. The van der Waals surface area contributed by atoms with Gasteiger partial charge in [-0.3, -0.25) is 9.59 Å². The van der Waals surface area contributed by atoms with Crippen molar-refractivity contribution >= 4 is 38.9 Å². The maximum Gasteiger partial charge on any atom is 0.259 e. The van der Waals surface area contributed by atoms with Crippen LogP contribution >= 0.6 is 11.3 Å². The first-order valence-corrected chi connectivity index (χ1v) is 8.84. The Labute approximate surface area is 154 Å². The molecule has 0 aliphatic heterocycles. The number of H-pyrrole nitrogens is 1. The maximum absolute atomic E-state index is 12.2. The van der Waals surface area contributed by atoms with E-state index < -0.39 is 0 Å². The molecule has 0 saturated carbocycles. The minimum atomic E-state index is -0.354. The third-order valence-electron chi connectivity index (χ3n) is 4.09. The van der Waals surface area contributed by atoms with E-state index in [0.717, 1.165) is 16.0 Å². The highest BCUT2D eigenvalue weighted by atomic mass is 32.1. The summed E-state index contributed by atoms with van der Waals surface area (Å²) < 4.78 is 0. The van der Waals surface area contributed by atoms with Crippen LogP contribution in [0.2, 0.25) is 0 Å². The number of aromatic nitrogens is 2. The summed E-state index contributed by atoms with van der Waals surface area (Å²) in [5.74, 6) is -0.0334. The Bertz CT molecular complexity index is 1060. The van der Waals surface area contributed by atoms with Gasteiger partial charge in [0.25, 0.3) is 5.56 Å². The second-order valence-electron chi connectivity index (χ2n) is 6.01. The highest BCUT2D eigenvalue weighted by molar-refractivity contribution is 7.18. The molecule has 2 aromatic heterocycles. The second-order valence-corrected chi connectivity index (χ2v) is 7.21. The Morgan fingerprint density at radius 2 is 2.00 bits per heavy atom. The van der Waals surface area contributed by atoms with E-state index in [1.165, 1.54) is 11.3 Å². The van der Waals surface area contributed by atoms with Gasteiger partial charge in [0.05, 0.1) is 17.5 Å². The van der Waals surface area contributed by atoms with Gasteiger partial charge in [-0.25, -0.2) is 10.4 Å². The molecule has 1 amide bonds. The van der Waals surface area contributed by atoms with Crippen molar-refractivity contribution in [1.29, 1.82) is 0 Å². The van der Waals surface area contributed by atoms with Crippen LogP contribution in [0.3, 0.4) is 0 Å². The highest BCUT2D eigenvalue weighted by Crippen LogP contribution is 2.25. The molecule has 7 nitrogen and oxygen atoms in total. The summed E-state index contributed by atoms with van der Waals surface area (Å²) in [5.41, 5.74) is 11.0. The van der Waals surface area contributed by atoms with E-state index in [9.17, 15) is 9.59 Å². The zero-order valence-corrected chi connectivity index (χ0v) is 15.5. The molecular formula is C18H19N5O2S. The van der Waals surface area contributed by atoms with Crippen LogP contribution in [-0.2, 0) is 11.2 Å². The average molecular weight is 369 g/mol. The minimum Gasteiger partial charge on any atom is -0.399 e. The van der Waals surface area contributed by atoms with Crippen molar-refractivity contribution in [2.45, 2.75) is 27.2 Å². The van der Waals surface area contributed by atoms with Crippen LogP contribution in [0.4, 0.5) is 5.69 Å². The van der Waals surface area contributed by atoms with Gasteiger partial charge in [-0.2, -0.15) is 5.10 Å². The van der Waals surface area contributed by atoms with E-state index in [4.69, 9.17) is 5.73 Å². The lowest BCUT2D eigenvalue weighted by Crippen LogP contribution is -2.24. The fraction of sp³-hybridized carbons (Fsp3) is 0.222. The number of aromatic amines is 1. The first-order chi connectivity index (χ1) is 12.3. The third-order valence-corrected chi connectivity index (χ3v) is 5.19. The summed E-state index contributed by atoms with van der Waals surface area (Å²) in [6.45, 7) is 5.63. The number of nitrogen functional groups attached to an aromatic ring is 1. The van der Waals surface area contributed by atoms with E-state index in [-0.39, 0.29) is 17.9 Å². The normalized spacial score (nSPS) is 11.7. The first-order valence-electron chi connectivity index (χ1n) is 8.03. The molecule has 134 valence electrons. The van der Waals surface area contributed by atoms with Gasteiger partial charge >= 0.3 is 0 Å². The van der Waals surface area contributed by atoms with Crippen molar-refractivity contribution in [2.24, 2.45) is 5.10 Å². The first kappa shape index (κ1) is 17.8. The van der Waals surface area contributed by atoms with Crippen molar-refractivity contribution < 1.29 is 4.79 Å². The number of nitrogens with one attached hydrogen (secondary N) is 2. The molecule has 3 aromatic rings. The van der Waals surface area contributed by atoms with Crippen LogP contribution in [0.15, 0.2) is 34.2 Å². The summed E-state index contributed by atoms with van der Waals surface area (Å²) in [6.07, 6.45) is -0.0559. The monoisotopic (exact) mass is 369 g/mol. The summed E-state index contributed by atoms with van der Waals surface area (Å²) in [5, 5.41) is 4.67. The van der Waals surface area contributed by atoms with Crippen LogP contribution in [0, 0.1) is 13.8 Å². The zero-order valence-electron chi connectivity index (χ0n) is 14.7. The summed E-state index contributed by atoms with van der Waals surface area (Å²) in [6, 6.07) is 7.19. The quantitative estimate of drug-likeness (QED) is 0.372. The number of nitrogens with two attached hydrogens (primary N) is 1. The molecule has 0 aliphatic carbocycles. The summed E-state index contributed by atoms with van der Waals surface area (Å²) in [7, 11) is 0. The van der Waals surface area contributed by atoms with Gasteiger partial charge < -0.3 is 10.7 Å². The second kappa shape index (κ2) is 7.09. The number of hydrogen-bond donors (Lipinski definition) is 3. The van der Waals surface area contributed by atoms with E-state index in [0.29, 0.717) is 27.4 Å². The molecule has 0 spiro atoms. The van der Waals surface area contributed by atoms with Gasteiger partial charge in [0, 0.05) is 10.6 Å². The molecule has 0 fully saturated rings. The lowest BCUT2D eigenvalue weighted by molar-refractivity contribution is -0.120. The van der Waals surface area contributed by atoms with Crippen molar-refractivity contribution in [3.8, 4) is 0 Å². The van der Waals surface area contributed by atoms with Crippen LogP contribution in [0.1, 0.15) is 28.8 Å². The minimum absolute atomic E-state index is 0.0559. The molecule has 26 heavy (non-hydrogen) atoms. The molecule has 0 unspecified atom stereocenters. The standard InChI is InChI=1S/C18H19N5O2S/c1-9-11(3)26-18-16(9)17(25)20-14(21-18)8-15(24)23-22-10(2)12-4-6-13(19)7-5-12/h4-7H,8,19H2,1-3H3,(H,23,24)(H,20,21,25)/b22-10-. The lowest BCUT2D eigenvalue weighted by atomic mass is 10.1. The topological polar surface area (TPSA) is 113 Å². The molecular weight excluding hydrogens is 350 g/mol. The molecule has 0 saturated heterocycles. The summed E-state index contributed by atoms with van der Waals surface area (Å²) in [4.78, 5) is 33.1. The Kier molecular flexibility index (Phi) is 4.85. The Hall–Kier alpha value is -3.00. The van der Waals surface area contributed by atoms with Gasteiger partial charge in [0.2, 0.25) is 5.91 Å². The number of thiophene rings is 1.